The van der Waals surface area contributed by atoms with Gasteiger partial charge in [-0.25, -0.2) is 4.79 Å². The molecule has 0 aliphatic rings. The molecule has 0 saturated carbocycles. The summed E-state index contributed by atoms with van der Waals surface area (Å²) in [5, 5.41) is 0.664. The number of carbonyl (C=O) groups excluding carboxylic acids is 1. The maximum absolute atomic E-state index is 13.4. The molecule has 3 N–H and O–H groups in total. The van der Waals surface area contributed by atoms with Crippen LogP contribution in [0.5, 0.6) is 0 Å². The molecule has 0 radical (unpaired) electrons. The first-order valence-corrected chi connectivity index (χ1v) is 9.68. The van der Waals surface area contributed by atoms with Gasteiger partial charge in [0.25, 0.3) is 11.5 Å². The van der Waals surface area contributed by atoms with Crippen LogP contribution in [0.3, 0.4) is 0 Å². The van der Waals surface area contributed by atoms with Crippen LogP contribution in [-0.2, 0) is 6.54 Å². The summed E-state index contributed by atoms with van der Waals surface area (Å²) in [4.78, 5) is 46.3. The van der Waals surface area contributed by atoms with Crippen molar-refractivity contribution in [1.82, 2.24) is 14.5 Å². The van der Waals surface area contributed by atoms with Gasteiger partial charge in [-0.1, -0.05) is 48.5 Å². The molecule has 0 atom stereocenters. The number of para-hydroxylation sites is 1. The number of rotatable bonds is 4. The van der Waals surface area contributed by atoms with Crippen LogP contribution in [0.15, 0.2) is 70.3 Å². The van der Waals surface area contributed by atoms with E-state index in [1.165, 1.54) is 16.5 Å². The van der Waals surface area contributed by atoms with Gasteiger partial charge in [-0.05, 0) is 24.6 Å². The Morgan fingerprint density at radius 3 is 2.52 bits per heavy atom. The predicted octanol–water partition coefficient (Wildman–Crippen LogP) is 2.30. The maximum Gasteiger partial charge on any atom is 0.330 e. The Morgan fingerprint density at radius 2 is 1.77 bits per heavy atom. The van der Waals surface area contributed by atoms with Gasteiger partial charge in [0, 0.05) is 18.1 Å². The fraction of sp³-hybridized carbons (Fsp3) is 0.130. The summed E-state index contributed by atoms with van der Waals surface area (Å²) < 4.78 is 1.24. The van der Waals surface area contributed by atoms with E-state index in [1.807, 2.05) is 48.5 Å². The lowest BCUT2D eigenvalue weighted by molar-refractivity contribution is 0.0994. The van der Waals surface area contributed by atoms with Crippen molar-refractivity contribution < 1.29 is 4.79 Å². The molecule has 1 amide bonds. The first-order valence-electron chi connectivity index (χ1n) is 9.68. The van der Waals surface area contributed by atoms with Crippen LogP contribution in [0.25, 0.3) is 10.9 Å². The highest BCUT2D eigenvalue weighted by Crippen LogP contribution is 2.23. The van der Waals surface area contributed by atoms with Crippen LogP contribution in [0, 0.1) is 6.92 Å². The van der Waals surface area contributed by atoms with Crippen molar-refractivity contribution in [3.05, 3.63) is 98.3 Å². The number of anilines is 2. The first-order chi connectivity index (χ1) is 14.9. The van der Waals surface area contributed by atoms with E-state index in [1.54, 1.807) is 19.1 Å². The van der Waals surface area contributed by atoms with Gasteiger partial charge in [0.05, 0.1) is 17.6 Å². The Labute approximate surface area is 177 Å². The first kappa shape index (κ1) is 20.1. The fourth-order valence-corrected chi connectivity index (χ4v) is 3.59. The monoisotopic (exact) mass is 415 g/mol. The Kier molecular flexibility index (Phi) is 5.12. The van der Waals surface area contributed by atoms with Crippen LogP contribution in [0.4, 0.5) is 11.5 Å². The normalized spacial score (nSPS) is 10.9. The van der Waals surface area contributed by atoms with E-state index < -0.39 is 17.2 Å². The summed E-state index contributed by atoms with van der Waals surface area (Å²) in [6.07, 6.45) is 0. The standard InChI is InChI=1S/C23H21N5O3/c1-14-12-17(16-10-6-7-11-18(16)25-14)22(30)27(2)19-20(24)28(23(31)26-21(19)29)13-15-8-4-3-5-9-15/h3-12H,13,24H2,1-2H3,(H,26,29,31). The molecule has 156 valence electrons. The second-order valence-electron chi connectivity index (χ2n) is 7.26. The van der Waals surface area contributed by atoms with E-state index in [0.29, 0.717) is 22.2 Å². The quantitative estimate of drug-likeness (QED) is 0.531. The Hall–Kier alpha value is -4.20. The number of aryl methyl sites for hydroxylation is 1. The minimum absolute atomic E-state index is 0.0801. The zero-order chi connectivity index (χ0) is 22.1. The summed E-state index contributed by atoms with van der Waals surface area (Å²) in [5.41, 5.74) is 7.36. The molecular weight excluding hydrogens is 394 g/mol. The molecule has 4 aromatic rings. The van der Waals surface area contributed by atoms with Gasteiger partial charge < -0.3 is 10.6 Å². The number of benzene rings is 2. The second kappa shape index (κ2) is 7.91. The predicted molar refractivity (Wildman–Crippen MR) is 120 cm³/mol. The number of hydrogen-bond donors (Lipinski definition) is 2. The number of amides is 1. The SMILES string of the molecule is Cc1cc(C(=O)N(C)c2c(N)n(Cc3ccccc3)c(=O)[nH]c2=O)c2ccccc2n1. The Balaban J connectivity index is 1.81. The Morgan fingerprint density at radius 1 is 1.10 bits per heavy atom. The van der Waals surface area contributed by atoms with Crippen molar-refractivity contribution in [3.63, 3.8) is 0 Å². The van der Waals surface area contributed by atoms with Crippen molar-refractivity contribution in [2.75, 3.05) is 17.7 Å². The van der Waals surface area contributed by atoms with Crippen LogP contribution < -0.4 is 21.9 Å². The van der Waals surface area contributed by atoms with Gasteiger partial charge >= 0.3 is 5.69 Å². The lowest BCUT2D eigenvalue weighted by Gasteiger charge is -2.21. The molecular formula is C23H21N5O3. The minimum atomic E-state index is -0.724. The number of fused-ring (bicyclic) bond motifs is 1. The van der Waals surface area contributed by atoms with Crippen molar-refractivity contribution in [2.45, 2.75) is 13.5 Å². The van der Waals surface area contributed by atoms with Crippen LogP contribution in [-0.4, -0.2) is 27.5 Å². The van der Waals surface area contributed by atoms with Gasteiger partial charge in [0.15, 0.2) is 5.69 Å². The van der Waals surface area contributed by atoms with Gasteiger partial charge in [0.1, 0.15) is 5.82 Å². The molecule has 2 aromatic carbocycles. The molecule has 0 bridgehead atoms. The summed E-state index contributed by atoms with van der Waals surface area (Å²) in [7, 11) is 1.46. The number of aromatic amines is 1. The molecule has 0 unspecified atom stereocenters. The number of aromatic nitrogens is 3. The Bertz CT molecular complexity index is 1410. The number of nitrogens with two attached hydrogens (primary N) is 1. The number of pyridine rings is 1. The largest absolute Gasteiger partial charge is 0.383 e. The number of hydrogen-bond acceptors (Lipinski definition) is 5. The number of nitrogen functional groups attached to an aromatic ring is 1. The van der Waals surface area contributed by atoms with Crippen molar-refractivity contribution in [1.29, 1.82) is 0 Å². The molecule has 8 nitrogen and oxygen atoms in total. The average molecular weight is 415 g/mol. The van der Waals surface area contributed by atoms with E-state index in [9.17, 15) is 14.4 Å². The smallest absolute Gasteiger partial charge is 0.330 e. The van der Waals surface area contributed by atoms with E-state index in [-0.39, 0.29) is 18.1 Å². The fourth-order valence-electron chi connectivity index (χ4n) is 3.59. The van der Waals surface area contributed by atoms with Gasteiger partial charge in [-0.15, -0.1) is 0 Å². The number of carbonyl (C=O) groups is 1. The molecule has 2 heterocycles. The number of H-pyrrole nitrogens is 1. The van der Waals surface area contributed by atoms with Gasteiger partial charge in [0.2, 0.25) is 0 Å². The highest BCUT2D eigenvalue weighted by atomic mass is 16.2. The van der Waals surface area contributed by atoms with E-state index in [2.05, 4.69) is 9.97 Å². The van der Waals surface area contributed by atoms with Crippen molar-refractivity contribution in [2.24, 2.45) is 0 Å². The zero-order valence-corrected chi connectivity index (χ0v) is 17.1. The summed E-state index contributed by atoms with van der Waals surface area (Å²) >= 11 is 0. The zero-order valence-electron chi connectivity index (χ0n) is 17.1. The highest BCUT2D eigenvalue weighted by molar-refractivity contribution is 6.14. The van der Waals surface area contributed by atoms with Crippen LogP contribution >= 0.6 is 0 Å². The number of nitrogens with zero attached hydrogens (tertiary/aromatic N) is 3. The molecule has 4 rings (SSSR count). The molecule has 0 spiro atoms. The lowest BCUT2D eigenvalue weighted by atomic mass is 10.1. The van der Waals surface area contributed by atoms with Crippen molar-refractivity contribution >= 4 is 28.3 Å². The van der Waals surface area contributed by atoms with Gasteiger partial charge in [-0.2, -0.15) is 0 Å². The molecule has 0 aliphatic heterocycles. The van der Waals surface area contributed by atoms with E-state index in [4.69, 9.17) is 5.73 Å². The van der Waals surface area contributed by atoms with Crippen LogP contribution in [0.2, 0.25) is 0 Å². The minimum Gasteiger partial charge on any atom is -0.383 e. The van der Waals surface area contributed by atoms with E-state index in [0.717, 1.165) is 5.56 Å². The third-order valence-corrected chi connectivity index (χ3v) is 5.11. The molecule has 0 aliphatic carbocycles. The number of nitrogens with one attached hydrogen (secondary N) is 1. The molecule has 0 fully saturated rings. The molecule has 31 heavy (non-hydrogen) atoms. The lowest BCUT2D eigenvalue weighted by Crippen LogP contribution is -2.39. The average Bonchev–Trinajstić information content (AvgIpc) is 2.76. The maximum atomic E-state index is 13.4. The van der Waals surface area contributed by atoms with E-state index >= 15 is 0 Å². The highest BCUT2D eigenvalue weighted by Gasteiger charge is 2.24. The summed E-state index contributed by atoms with van der Waals surface area (Å²) in [5.74, 6) is -0.507. The third-order valence-electron chi connectivity index (χ3n) is 5.11. The van der Waals surface area contributed by atoms with Crippen molar-refractivity contribution in [3.8, 4) is 0 Å². The van der Waals surface area contributed by atoms with Gasteiger partial charge in [-0.3, -0.25) is 24.1 Å². The summed E-state index contributed by atoms with van der Waals surface area (Å²) in [6.45, 7) is 1.96. The van der Waals surface area contributed by atoms with Crippen LogP contribution in [0.1, 0.15) is 21.6 Å². The summed E-state index contributed by atoms with van der Waals surface area (Å²) in [6, 6.07) is 18.2. The topological polar surface area (TPSA) is 114 Å². The molecule has 0 saturated heterocycles. The molecule has 2 aromatic heterocycles. The third kappa shape index (κ3) is 3.71. The molecule has 8 heteroatoms. The second-order valence-corrected chi connectivity index (χ2v) is 7.26.